The van der Waals surface area contributed by atoms with Crippen molar-refractivity contribution in [3.8, 4) is 5.75 Å². The van der Waals surface area contributed by atoms with Crippen LogP contribution in [0.25, 0.3) is 0 Å². The molecule has 2 heterocycles. The summed E-state index contributed by atoms with van der Waals surface area (Å²) in [6, 6.07) is 8.96. The topological polar surface area (TPSA) is 70.2 Å². The van der Waals surface area contributed by atoms with Crippen LogP contribution >= 0.6 is 0 Å². The lowest BCUT2D eigenvalue weighted by molar-refractivity contribution is -0.140. The van der Waals surface area contributed by atoms with Crippen molar-refractivity contribution >= 4 is 17.9 Å². The summed E-state index contributed by atoms with van der Waals surface area (Å²) in [5.74, 6) is 0.506. The van der Waals surface area contributed by atoms with E-state index >= 15 is 0 Å². The van der Waals surface area contributed by atoms with Crippen LogP contribution in [0.2, 0.25) is 0 Å². The Morgan fingerprint density at radius 3 is 2.07 bits per heavy atom. The van der Waals surface area contributed by atoms with Gasteiger partial charge in [-0.2, -0.15) is 0 Å². The number of ether oxygens (including phenoxy) is 1. The normalized spacial score (nSPS) is 18.1. The first-order valence-electron chi connectivity index (χ1n) is 9.30. The molecule has 0 atom stereocenters. The Morgan fingerprint density at radius 1 is 0.889 bits per heavy atom. The number of hydrogen-bond acceptors (Lipinski definition) is 4. The maximum atomic E-state index is 12.7. The molecule has 0 unspecified atom stereocenters. The number of piperidine rings is 1. The van der Waals surface area contributed by atoms with E-state index < -0.39 is 0 Å². The first-order chi connectivity index (χ1) is 13.1. The summed E-state index contributed by atoms with van der Waals surface area (Å²) < 4.78 is 5.35. The highest BCUT2D eigenvalue weighted by atomic mass is 16.6. The van der Waals surface area contributed by atoms with Crippen LogP contribution in [0.1, 0.15) is 12.8 Å². The van der Waals surface area contributed by atoms with E-state index in [4.69, 9.17) is 4.74 Å². The SMILES string of the molecule is C=CC(=O)N1CCC(C(=O)N2CCN(C(=O)Oc3ccccc3)CC2)CC1. The molecule has 0 aromatic heterocycles. The molecule has 0 N–H and O–H groups in total. The van der Waals surface area contributed by atoms with Gasteiger partial charge in [-0.05, 0) is 31.1 Å². The van der Waals surface area contributed by atoms with Gasteiger partial charge < -0.3 is 19.4 Å². The van der Waals surface area contributed by atoms with Gasteiger partial charge in [-0.3, -0.25) is 9.59 Å². The van der Waals surface area contributed by atoms with Gasteiger partial charge in [0.15, 0.2) is 0 Å². The Balaban J connectivity index is 1.45. The zero-order valence-corrected chi connectivity index (χ0v) is 15.4. The number of hydrogen-bond donors (Lipinski definition) is 0. The number of rotatable bonds is 3. The minimum absolute atomic E-state index is 0.0540. The van der Waals surface area contributed by atoms with Gasteiger partial charge in [0.2, 0.25) is 11.8 Å². The standard InChI is InChI=1S/C20H25N3O4/c1-2-18(24)21-10-8-16(9-11-21)19(25)22-12-14-23(15-13-22)20(26)27-17-6-4-3-5-7-17/h2-7,16H,1,8-15H2. The molecule has 0 bridgehead atoms. The quantitative estimate of drug-likeness (QED) is 0.759. The maximum Gasteiger partial charge on any atom is 0.415 e. The molecule has 27 heavy (non-hydrogen) atoms. The molecule has 7 heteroatoms. The van der Waals surface area contributed by atoms with E-state index in [0.717, 1.165) is 0 Å². The molecule has 3 rings (SSSR count). The summed E-state index contributed by atoms with van der Waals surface area (Å²) in [6.07, 6.45) is 2.28. The minimum atomic E-state index is -0.385. The van der Waals surface area contributed by atoms with Crippen LogP contribution < -0.4 is 4.74 Å². The lowest BCUT2D eigenvalue weighted by Crippen LogP contribution is -2.53. The molecule has 2 saturated heterocycles. The fourth-order valence-corrected chi connectivity index (χ4v) is 3.50. The van der Waals surface area contributed by atoms with Crippen molar-refractivity contribution in [3.63, 3.8) is 0 Å². The monoisotopic (exact) mass is 371 g/mol. The zero-order chi connectivity index (χ0) is 19.2. The van der Waals surface area contributed by atoms with Crippen molar-refractivity contribution in [1.82, 2.24) is 14.7 Å². The molecule has 0 aliphatic carbocycles. The lowest BCUT2D eigenvalue weighted by Gasteiger charge is -2.38. The smallest absolute Gasteiger partial charge is 0.410 e. The molecule has 7 nitrogen and oxygen atoms in total. The summed E-state index contributed by atoms with van der Waals surface area (Å²) in [5.41, 5.74) is 0. The van der Waals surface area contributed by atoms with Gasteiger partial charge in [-0.1, -0.05) is 24.8 Å². The van der Waals surface area contributed by atoms with Crippen molar-refractivity contribution in [3.05, 3.63) is 43.0 Å². The number of carbonyl (C=O) groups is 3. The van der Waals surface area contributed by atoms with Gasteiger partial charge in [0.05, 0.1) is 0 Å². The number of benzene rings is 1. The highest BCUT2D eigenvalue weighted by Gasteiger charge is 2.32. The fourth-order valence-electron chi connectivity index (χ4n) is 3.50. The van der Waals surface area contributed by atoms with E-state index in [1.54, 1.807) is 21.9 Å². The van der Waals surface area contributed by atoms with Crippen molar-refractivity contribution in [2.45, 2.75) is 12.8 Å². The van der Waals surface area contributed by atoms with E-state index in [9.17, 15) is 14.4 Å². The van der Waals surface area contributed by atoms with Crippen LogP contribution in [-0.4, -0.2) is 71.9 Å². The predicted octanol–water partition coefficient (Wildman–Crippen LogP) is 1.75. The van der Waals surface area contributed by atoms with Crippen molar-refractivity contribution in [2.24, 2.45) is 5.92 Å². The molecule has 2 aliphatic rings. The highest BCUT2D eigenvalue weighted by Crippen LogP contribution is 2.21. The summed E-state index contributed by atoms with van der Waals surface area (Å²) >= 11 is 0. The van der Waals surface area contributed by atoms with E-state index in [0.29, 0.717) is 57.9 Å². The van der Waals surface area contributed by atoms with Gasteiger partial charge >= 0.3 is 6.09 Å². The Hall–Kier alpha value is -2.83. The van der Waals surface area contributed by atoms with Gasteiger partial charge in [0.1, 0.15) is 5.75 Å². The molecule has 0 spiro atoms. The van der Waals surface area contributed by atoms with E-state index in [2.05, 4.69) is 6.58 Å². The zero-order valence-electron chi connectivity index (χ0n) is 15.4. The number of para-hydroxylation sites is 1. The largest absolute Gasteiger partial charge is 0.415 e. The predicted molar refractivity (Wildman–Crippen MR) is 100 cm³/mol. The fraction of sp³-hybridized carbons (Fsp3) is 0.450. The maximum absolute atomic E-state index is 12.7. The number of nitrogens with zero attached hydrogens (tertiary/aromatic N) is 3. The molecule has 0 radical (unpaired) electrons. The number of likely N-dealkylation sites (tertiary alicyclic amines) is 1. The molecule has 3 amide bonds. The minimum Gasteiger partial charge on any atom is -0.410 e. The highest BCUT2D eigenvalue weighted by molar-refractivity contribution is 5.87. The van der Waals surface area contributed by atoms with Gasteiger partial charge in [-0.15, -0.1) is 0 Å². The third kappa shape index (κ3) is 4.67. The second-order valence-corrected chi connectivity index (χ2v) is 6.80. The molecular formula is C20H25N3O4. The third-order valence-electron chi connectivity index (χ3n) is 5.13. The average molecular weight is 371 g/mol. The van der Waals surface area contributed by atoms with Crippen LogP contribution in [-0.2, 0) is 9.59 Å². The molecule has 2 fully saturated rings. The summed E-state index contributed by atoms with van der Waals surface area (Å²) in [4.78, 5) is 41.8. The summed E-state index contributed by atoms with van der Waals surface area (Å²) in [5, 5.41) is 0. The number of amides is 3. The van der Waals surface area contributed by atoms with Gasteiger partial charge in [-0.25, -0.2) is 4.79 Å². The average Bonchev–Trinajstić information content (AvgIpc) is 2.73. The number of piperazine rings is 1. The van der Waals surface area contributed by atoms with Gasteiger partial charge in [0.25, 0.3) is 0 Å². The summed E-state index contributed by atoms with van der Waals surface area (Å²) in [7, 11) is 0. The molecule has 2 aliphatic heterocycles. The van der Waals surface area contributed by atoms with Crippen LogP contribution in [0.4, 0.5) is 4.79 Å². The second kappa shape index (κ2) is 8.70. The first kappa shape index (κ1) is 18.9. The van der Waals surface area contributed by atoms with Gasteiger partial charge in [0, 0.05) is 45.2 Å². The van der Waals surface area contributed by atoms with Crippen LogP contribution in [0.15, 0.2) is 43.0 Å². The van der Waals surface area contributed by atoms with Crippen LogP contribution in [0.5, 0.6) is 5.75 Å². The molecule has 0 saturated carbocycles. The lowest BCUT2D eigenvalue weighted by atomic mass is 9.95. The Kier molecular flexibility index (Phi) is 6.11. The Bertz CT molecular complexity index is 690. The second-order valence-electron chi connectivity index (χ2n) is 6.80. The van der Waals surface area contributed by atoms with Crippen molar-refractivity contribution in [2.75, 3.05) is 39.3 Å². The van der Waals surface area contributed by atoms with Crippen LogP contribution in [0.3, 0.4) is 0 Å². The molecule has 1 aromatic carbocycles. The molecule has 1 aromatic rings. The third-order valence-corrected chi connectivity index (χ3v) is 5.13. The Labute approximate surface area is 159 Å². The number of carbonyl (C=O) groups excluding carboxylic acids is 3. The Morgan fingerprint density at radius 2 is 1.48 bits per heavy atom. The van der Waals surface area contributed by atoms with Crippen LogP contribution in [0, 0.1) is 5.92 Å². The van der Waals surface area contributed by atoms with E-state index in [1.165, 1.54) is 6.08 Å². The summed E-state index contributed by atoms with van der Waals surface area (Å²) in [6.45, 7) is 6.62. The van der Waals surface area contributed by atoms with Crippen molar-refractivity contribution in [1.29, 1.82) is 0 Å². The molecule has 144 valence electrons. The van der Waals surface area contributed by atoms with Crippen molar-refractivity contribution < 1.29 is 19.1 Å². The first-order valence-corrected chi connectivity index (χ1v) is 9.30. The van der Waals surface area contributed by atoms with E-state index in [1.807, 2.05) is 23.1 Å². The molecular weight excluding hydrogens is 346 g/mol. The van der Waals surface area contributed by atoms with E-state index in [-0.39, 0.29) is 23.8 Å².